The summed E-state index contributed by atoms with van der Waals surface area (Å²) in [7, 11) is 0. The molecule has 2 aliphatic carbocycles. The second kappa shape index (κ2) is 9.05. The smallest absolute Gasteiger partial charge is 0.0159 e. The first kappa shape index (κ1) is 26.5. The summed E-state index contributed by atoms with van der Waals surface area (Å²) in [6.45, 7) is 11.7. The number of fused-ring (bicyclic) bond motifs is 8. The highest BCUT2D eigenvalue weighted by molar-refractivity contribution is 6.23. The summed E-state index contributed by atoms with van der Waals surface area (Å²) >= 11 is 0. The number of aryl methyl sites for hydroxylation is 1. The molecule has 0 radical (unpaired) electrons. The molecule has 7 aromatic carbocycles. The van der Waals surface area contributed by atoms with Crippen molar-refractivity contribution in [2.75, 3.05) is 0 Å². The number of hydrogen-bond acceptors (Lipinski definition) is 0. The lowest BCUT2D eigenvalue weighted by molar-refractivity contribution is 0.660. The van der Waals surface area contributed by atoms with Crippen molar-refractivity contribution in [1.29, 1.82) is 0 Å². The van der Waals surface area contributed by atoms with Crippen molar-refractivity contribution < 1.29 is 0 Å². The Hall–Kier alpha value is -4.94. The number of hydrogen-bond donors (Lipinski definition) is 0. The Morgan fingerprint density at radius 1 is 0.356 bits per heavy atom. The van der Waals surface area contributed by atoms with Crippen molar-refractivity contribution in [3.8, 4) is 44.5 Å². The minimum Gasteiger partial charge on any atom is -0.0619 e. The third-order valence-corrected chi connectivity index (χ3v) is 10.9. The predicted octanol–water partition coefficient (Wildman–Crippen LogP) is 12.2. The molecule has 0 saturated heterocycles. The molecule has 0 heterocycles. The molecular formula is C45H36. The van der Waals surface area contributed by atoms with Crippen LogP contribution in [0.2, 0.25) is 0 Å². The van der Waals surface area contributed by atoms with Crippen LogP contribution in [-0.2, 0) is 10.8 Å². The van der Waals surface area contributed by atoms with Crippen LogP contribution in [0, 0.1) is 6.92 Å². The molecular weight excluding hydrogens is 540 g/mol. The van der Waals surface area contributed by atoms with Gasteiger partial charge in [-0.3, -0.25) is 0 Å². The summed E-state index contributed by atoms with van der Waals surface area (Å²) in [6.07, 6.45) is 0. The third kappa shape index (κ3) is 3.49. The zero-order valence-corrected chi connectivity index (χ0v) is 26.6. The van der Waals surface area contributed by atoms with Crippen molar-refractivity contribution in [3.63, 3.8) is 0 Å². The summed E-state index contributed by atoms with van der Waals surface area (Å²) < 4.78 is 0. The lowest BCUT2D eigenvalue weighted by atomic mass is 9.80. The Bertz CT molecular complexity index is 2380. The van der Waals surface area contributed by atoms with Crippen molar-refractivity contribution in [2.45, 2.75) is 45.4 Å². The molecule has 0 aromatic heterocycles. The van der Waals surface area contributed by atoms with Crippen molar-refractivity contribution >= 4 is 21.5 Å². The van der Waals surface area contributed by atoms with Crippen molar-refractivity contribution in [3.05, 3.63) is 155 Å². The van der Waals surface area contributed by atoms with Crippen LogP contribution >= 0.6 is 0 Å². The Morgan fingerprint density at radius 3 is 1.69 bits per heavy atom. The maximum absolute atomic E-state index is 2.46. The minimum absolute atomic E-state index is 0.00663. The van der Waals surface area contributed by atoms with Crippen LogP contribution in [0.15, 0.2) is 127 Å². The van der Waals surface area contributed by atoms with Crippen LogP contribution in [0.25, 0.3) is 66.1 Å². The molecule has 0 atom stereocenters. The van der Waals surface area contributed by atoms with Gasteiger partial charge in [0.1, 0.15) is 0 Å². The maximum Gasteiger partial charge on any atom is 0.0159 e. The highest BCUT2D eigenvalue weighted by Crippen LogP contribution is 2.55. The Labute approximate surface area is 266 Å². The molecule has 0 saturated carbocycles. The molecule has 2 aliphatic rings. The molecule has 9 rings (SSSR count). The van der Waals surface area contributed by atoms with E-state index in [9.17, 15) is 0 Å². The molecule has 0 fully saturated rings. The van der Waals surface area contributed by atoms with Gasteiger partial charge < -0.3 is 0 Å². The average molecular weight is 577 g/mol. The van der Waals surface area contributed by atoms with E-state index in [0.717, 1.165) is 0 Å². The van der Waals surface area contributed by atoms with E-state index in [4.69, 9.17) is 0 Å². The molecule has 0 amide bonds. The zero-order valence-electron chi connectivity index (χ0n) is 26.6. The fourth-order valence-corrected chi connectivity index (χ4v) is 8.73. The summed E-state index contributed by atoms with van der Waals surface area (Å²) in [5, 5.41) is 5.24. The molecule has 0 aliphatic heterocycles. The van der Waals surface area contributed by atoms with Gasteiger partial charge >= 0.3 is 0 Å². The lowest BCUT2D eigenvalue weighted by Crippen LogP contribution is -2.14. The second-order valence-electron chi connectivity index (χ2n) is 14.2. The normalized spacial score (nSPS) is 15.1. The Kier molecular flexibility index (Phi) is 5.32. The fraction of sp³-hybridized carbons (Fsp3) is 0.156. The zero-order chi connectivity index (χ0) is 30.7. The summed E-state index contributed by atoms with van der Waals surface area (Å²) in [6, 6.07) is 48.3. The highest BCUT2D eigenvalue weighted by atomic mass is 14.4. The van der Waals surface area contributed by atoms with E-state index in [-0.39, 0.29) is 10.8 Å². The van der Waals surface area contributed by atoms with Gasteiger partial charge in [0.2, 0.25) is 0 Å². The van der Waals surface area contributed by atoms with Gasteiger partial charge in [0.25, 0.3) is 0 Å². The molecule has 7 aromatic rings. The summed E-state index contributed by atoms with van der Waals surface area (Å²) in [5.41, 5.74) is 17.6. The molecule has 0 spiro atoms. The molecule has 216 valence electrons. The molecule has 0 heteroatoms. The van der Waals surface area contributed by atoms with E-state index in [2.05, 4.69) is 162 Å². The van der Waals surface area contributed by atoms with Gasteiger partial charge in [0, 0.05) is 10.8 Å². The first-order valence-corrected chi connectivity index (χ1v) is 16.2. The van der Waals surface area contributed by atoms with E-state index in [1.54, 1.807) is 0 Å². The number of benzene rings is 7. The van der Waals surface area contributed by atoms with E-state index in [0.29, 0.717) is 0 Å². The SMILES string of the molecule is Cc1ccc2c(-c3ccc4c(c3)-c3ccccc3C4(C)C)c3ccccc3c(-c3cccc4c3-c3ccccc3C4(C)C)c2c1. The Balaban J connectivity index is 1.39. The van der Waals surface area contributed by atoms with Crippen LogP contribution in [0.3, 0.4) is 0 Å². The van der Waals surface area contributed by atoms with E-state index >= 15 is 0 Å². The fourth-order valence-electron chi connectivity index (χ4n) is 8.73. The maximum atomic E-state index is 2.46. The summed E-state index contributed by atoms with van der Waals surface area (Å²) in [4.78, 5) is 0. The molecule has 0 N–H and O–H groups in total. The quantitative estimate of drug-likeness (QED) is 0.180. The van der Waals surface area contributed by atoms with Crippen LogP contribution in [0.4, 0.5) is 0 Å². The standard InChI is InChI=1S/C45H36/c1-27-21-23-32-36(25-27)42(34-17-12-20-40-43(34)33-16-9-11-19-38(33)45(40,4)5)31-15-7-6-14-30(31)41(32)28-22-24-39-35(26-28)29-13-8-10-18-37(29)44(39,2)3/h6-26H,1-5H3. The van der Waals surface area contributed by atoms with Gasteiger partial charge in [0.15, 0.2) is 0 Å². The van der Waals surface area contributed by atoms with Gasteiger partial charge in [-0.1, -0.05) is 155 Å². The highest BCUT2D eigenvalue weighted by Gasteiger charge is 2.38. The monoisotopic (exact) mass is 576 g/mol. The van der Waals surface area contributed by atoms with Crippen LogP contribution in [-0.4, -0.2) is 0 Å². The number of rotatable bonds is 2. The largest absolute Gasteiger partial charge is 0.0619 e. The average Bonchev–Trinajstić information content (AvgIpc) is 3.43. The van der Waals surface area contributed by atoms with Crippen molar-refractivity contribution in [2.24, 2.45) is 0 Å². The van der Waals surface area contributed by atoms with Crippen molar-refractivity contribution in [1.82, 2.24) is 0 Å². The van der Waals surface area contributed by atoms with E-state index in [1.807, 2.05) is 0 Å². The summed E-state index contributed by atoms with van der Waals surface area (Å²) in [5.74, 6) is 0. The topological polar surface area (TPSA) is 0 Å². The molecule has 0 nitrogen and oxygen atoms in total. The molecule has 0 unspecified atom stereocenters. The Morgan fingerprint density at radius 2 is 0.911 bits per heavy atom. The van der Waals surface area contributed by atoms with Gasteiger partial charge in [-0.05, 0) is 101 Å². The third-order valence-electron chi connectivity index (χ3n) is 10.9. The van der Waals surface area contributed by atoms with Gasteiger partial charge in [-0.2, -0.15) is 0 Å². The van der Waals surface area contributed by atoms with Crippen LogP contribution in [0.1, 0.15) is 55.5 Å². The lowest BCUT2D eigenvalue weighted by Gasteiger charge is -2.23. The second-order valence-corrected chi connectivity index (χ2v) is 14.2. The molecule has 45 heavy (non-hydrogen) atoms. The van der Waals surface area contributed by atoms with Crippen LogP contribution in [0.5, 0.6) is 0 Å². The van der Waals surface area contributed by atoms with Gasteiger partial charge in [-0.25, -0.2) is 0 Å². The van der Waals surface area contributed by atoms with E-state index < -0.39 is 0 Å². The van der Waals surface area contributed by atoms with E-state index in [1.165, 1.54) is 93.9 Å². The molecule has 0 bridgehead atoms. The first-order valence-electron chi connectivity index (χ1n) is 16.2. The van der Waals surface area contributed by atoms with Gasteiger partial charge in [0.05, 0.1) is 0 Å². The predicted molar refractivity (Wildman–Crippen MR) is 192 cm³/mol. The minimum atomic E-state index is -0.0438. The van der Waals surface area contributed by atoms with Crippen LogP contribution < -0.4 is 0 Å². The van der Waals surface area contributed by atoms with Gasteiger partial charge in [-0.15, -0.1) is 0 Å². The first-order chi connectivity index (χ1) is 21.8.